The molecule has 26 heavy (non-hydrogen) atoms. The third kappa shape index (κ3) is 3.63. The fourth-order valence-electron chi connectivity index (χ4n) is 2.88. The summed E-state index contributed by atoms with van der Waals surface area (Å²) in [6, 6.07) is 13.0. The minimum absolute atomic E-state index is 0.0278. The van der Waals surface area contributed by atoms with Crippen molar-refractivity contribution in [2.45, 2.75) is 25.5 Å². The molecule has 0 saturated carbocycles. The van der Waals surface area contributed by atoms with Crippen molar-refractivity contribution in [1.82, 2.24) is 9.55 Å². The second-order valence-corrected chi connectivity index (χ2v) is 7.09. The molecule has 2 aromatic carbocycles. The van der Waals surface area contributed by atoms with E-state index in [4.69, 9.17) is 0 Å². The number of benzene rings is 2. The van der Waals surface area contributed by atoms with E-state index in [1.807, 2.05) is 50.2 Å². The van der Waals surface area contributed by atoms with Crippen LogP contribution in [0.1, 0.15) is 21.5 Å². The molecule has 5 heteroatoms. The highest BCUT2D eigenvalue weighted by atomic mass is 32.2. The molecule has 1 heterocycles. The molecule has 132 valence electrons. The van der Waals surface area contributed by atoms with Crippen molar-refractivity contribution in [2.24, 2.45) is 0 Å². The third-order valence-corrected chi connectivity index (χ3v) is 5.13. The number of aromatic nitrogens is 2. The van der Waals surface area contributed by atoms with Gasteiger partial charge in [-0.15, -0.1) is 6.58 Å². The van der Waals surface area contributed by atoms with Gasteiger partial charge in [-0.25, -0.2) is 4.98 Å². The van der Waals surface area contributed by atoms with Crippen LogP contribution in [0.4, 0.5) is 0 Å². The van der Waals surface area contributed by atoms with E-state index < -0.39 is 0 Å². The normalized spacial score (nSPS) is 10.8. The fourth-order valence-corrected chi connectivity index (χ4v) is 3.77. The average molecular weight is 364 g/mol. The average Bonchev–Trinajstić information content (AvgIpc) is 2.62. The molecule has 0 unspecified atom stereocenters. The Morgan fingerprint density at radius 1 is 1.23 bits per heavy atom. The summed E-state index contributed by atoms with van der Waals surface area (Å²) in [6.45, 7) is 8.02. The maximum Gasteiger partial charge on any atom is 0.262 e. The van der Waals surface area contributed by atoms with Crippen LogP contribution < -0.4 is 5.56 Å². The number of rotatable bonds is 6. The number of carbonyl (C=O) groups is 1. The number of fused-ring (bicyclic) bond motifs is 1. The smallest absolute Gasteiger partial charge is 0.262 e. The molecule has 0 amide bonds. The van der Waals surface area contributed by atoms with Crippen molar-refractivity contribution >= 4 is 28.4 Å². The van der Waals surface area contributed by atoms with Gasteiger partial charge in [0, 0.05) is 12.1 Å². The van der Waals surface area contributed by atoms with Crippen LogP contribution in [0.2, 0.25) is 0 Å². The first-order chi connectivity index (χ1) is 12.5. The summed E-state index contributed by atoms with van der Waals surface area (Å²) >= 11 is 1.29. The minimum atomic E-state index is -0.114. The van der Waals surface area contributed by atoms with Gasteiger partial charge in [0.15, 0.2) is 10.9 Å². The highest BCUT2D eigenvalue weighted by molar-refractivity contribution is 7.99. The number of aryl methyl sites for hydroxylation is 2. The first-order valence-electron chi connectivity index (χ1n) is 8.35. The quantitative estimate of drug-likeness (QED) is 0.285. The molecule has 1 aromatic heterocycles. The maximum atomic E-state index is 12.7. The second-order valence-electron chi connectivity index (χ2n) is 6.15. The van der Waals surface area contributed by atoms with Crippen LogP contribution in [-0.4, -0.2) is 21.1 Å². The molecule has 0 aliphatic carbocycles. The van der Waals surface area contributed by atoms with Gasteiger partial charge in [0.2, 0.25) is 0 Å². The van der Waals surface area contributed by atoms with Gasteiger partial charge in [0.05, 0.1) is 16.7 Å². The molecule has 0 fully saturated rings. The van der Waals surface area contributed by atoms with E-state index in [9.17, 15) is 9.59 Å². The monoisotopic (exact) mass is 364 g/mol. The van der Waals surface area contributed by atoms with Gasteiger partial charge in [0.25, 0.3) is 5.56 Å². The molecule has 0 radical (unpaired) electrons. The van der Waals surface area contributed by atoms with E-state index in [0.29, 0.717) is 28.2 Å². The van der Waals surface area contributed by atoms with Crippen LogP contribution in [0.3, 0.4) is 0 Å². The molecule has 0 aliphatic heterocycles. The maximum absolute atomic E-state index is 12.7. The number of thioether (sulfide) groups is 1. The number of nitrogens with zero attached hydrogens (tertiary/aromatic N) is 2. The molecule has 0 saturated heterocycles. The van der Waals surface area contributed by atoms with E-state index in [1.54, 1.807) is 16.7 Å². The number of allylic oxidation sites excluding steroid dienone is 1. The van der Waals surface area contributed by atoms with Crippen molar-refractivity contribution in [3.63, 3.8) is 0 Å². The van der Waals surface area contributed by atoms with Crippen molar-refractivity contribution in [1.29, 1.82) is 0 Å². The third-order valence-electron chi connectivity index (χ3n) is 4.15. The Kier molecular flexibility index (Phi) is 5.38. The summed E-state index contributed by atoms with van der Waals surface area (Å²) in [6.07, 6.45) is 1.66. The van der Waals surface area contributed by atoms with Crippen molar-refractivity contribution < 1.29 is 4.79 Å². The van der Waals surface area contributed by atoms with Crippen molar-refractivity contribution in [3.8, 4) is 0 Å². The van der Waals surface area contributed by atoms with Gasteiger partial charge in [-0.3, -0.25) is 14.2 Å². The van der Waals surface area contributed by atoms with Gasteiger partial charge < -0.3 is 0 Å². The molecule has 4 nitrogen and oxygen atoms in total. The van der Waals surface area contributed by atoms with Gasteiger partial charge in [0.1, 0.15) is 0 Å². The lowest BCUT2D eigenvalue weighted by Crippen LogP contribution is -2.23. The Bertz CT molecular complexity index is 1050. The Hall–Kier alpha value is -2.66. The summed E-state index contributed by atoms with van der Waals surface area (Å²) in [7, 11) is 0. The molecular formula is C21H20N2O2S. The first-order valence-corrected chi connectivity index (χ1v) is 9.33. The summed E-state index contributed by atoms with van der Waals surface area (Å²) in [5, 5.41) is 1.10. The van der Waals surface area contributed by atoms with Gasteiger partial charge in [-0.2, -0.15) is 0 Å². The zero-order valence-corrected chi connectivity index (χ0v) is 15.7. The summed E-state index contributed by atoms with van der Waals surface area (Å²) in [4.78, 5) is 29.9. The Morgan fingerprint density at radius 2 is 2.00 bits per heavy atom. The molecule has 0 bridgehead atoms. The first kappa shape index (κ1) is 18.1. The second kappa shape index (κ2) is 7.70. The van der Waals surface area contributed by atoms with E-state index in [-0.39, 0.29) is 17.1 Å². The van der Waals surface area contributed by atoms with Crippen LogP contribution in [0.25, 0.3) is 10.9 Å². The van der Waals surface area contributed by atoms with E-state index in [0.717, 1.165) is 11.1 Å². The van der Waals surface area contributed by atoms with Crippen molar-refractivity contribution in [3.05, 3.63) is 82.2 Å². The van der Waals surface area contributed by atoms with Crippen LogP contribution >= 0.6 is 11.8 Å². The van der Waals surface area contributed by atoms with Gasteiger partial charge >= 0.3 is 0 Å². The minimum Gasteiger partial charge on any atom is -0.293 e. The lowest BCUT2D eigenvalue weighted by atomic mass is 10.0. The van der Waals surface area contributed by atoms with Crippen LogP contribution in [0, 0.1) is 13.8 Å². The fraction of sp³-hybridized carbons (Fsp3) is 0.190. The van der Waals surface area contributed by atoms with E-state index in [2.05, 4.69) is 11.6 Å². The molecule has 0 atom stereocenters. The summed E-state index contributed by atoms with van der Waals surface area (Å²) in [5.41, 5.74) is 3.33. The van der Waals surface area contributed by atoms with Crippen LogP contribution in [-0.2, 0) is 6.54 Å². The number of carbonyl (C=O) groups excluding carboxylic acids is 1. The summed E-state index contributed by atoms with van der Waals surface area (Å²) in [5.74, 6) is 0.256. The molecule has 3 rings (SSSR count). The Labute approximate surface area is 156 Å². The number of ketones is 1. The van der Waals surface area contributed by atoms with E-state index >= 15 is 0 Å². The van der Waals surface area contributed by atoms with Gasteiger partial charge in [-0.05, 0) is 31.5 Å². The zero-order chi connectivity index (χ0) is 18.7. The lowest BCUT2D eigenvalue weighted by molar-refractivity contribution is 0.102. The van der Waals surface area contributed by atoms with Crippen LogP contribution in [0.15, 0.2) is 65.1 Å². The standard InChI is InChI=1S/C21H20N2O2S/c1-4-11-23-20(25)17-7-5-6-8-18(17)22-21(23)26-13-19(24)16-10-9-14(2)12-15(16)3/h4-10,12H,1,11,13H2,2-3H3. The number of hydrogen-bond acceptors (Lipinski definition) is 4. The largest absolute Gasteiger partial charge is 0.293 e. The zero-order valence-electron chi connectivity index (χ0n) is 14.9. The summed E-state index contributed by atoms with van der Waals surface area (Å²) < 4.78 is 1.56. The van der Waals surface area contributed by atoms with Gasteiger partial charge in [-0.1, -0.05) is 53.7 Å². The van der Waals surface area contributed by atoms with E-state index in [1.165, 1.54) is 11.8 Å². The highest BCUT2D eigenvalue weighted by Gasteiger charge is 2.14. The molecule has 0 aliphatic rings. The topological polar surface area (TPSA) is 52.0 Å². The van der Waals surface area contributed by atoms with Crippen LogP contribution in [0.5, 0.6) is 0 Å². The number of para-hydroxylation sites is 1. The highest BCUT2D eigenvalue weighted by Crippen LogP contribution is 2.20. The Balaban J connectivity index is 1.92. The Morgan fingerprint density at radius 3 is 2.73 bits per heavy atom. The molecule has 0 N–H and O–H groups in total. The number of hydrogen-bond donors (Lipinski definition) is 0. The molecule has 0 spiro atoms. The molecule has 3 aromatic rings. The molecular weight excluding hydrogens is 344 g/mol. The predicted molar refractivity (Wildman–Crippen MR) is 107 cm³/mol. The number of Topliss-reactive ketones (excluding diaryl/α,β-unsaturated/α-hetero) is 1. The SMILES string of the molecule is C=CCn1c(SCC(=O)c2ccc(C)cc2C)nc2ccccc2c1=O. The van der Waals surface area contributed by atoms with Crippen molar-refractivity contribution in [2.75, 3.05) is 5.75 Å². The lowest BCUT2D eigenvalue weighted by Gasteiger charge is -2.11. The predicted octanol–water partition coefficient (Wildman–Crippen LogP) is 4.17.